The van der Waals surface area contributed by atoms with Gasteiger partial charge in [0.2, 0.25) is 0 Å². The van der Waals surface area contributed by atoms with Gasteiger partial charge in [0.1, 0.15) is 5.82 Å². The van der Waals surface area contributed by atoms with E-state index in [0.717, 1.165) is 11.4 Å². The lowest BCUT2D eigenvalue weighted by atomic mass is 10.1. The van der Waals surface area contributed by atoms with Crippen molar-refractivity contribution >= 4 is 34.1 Å². The zero-order valence-corrected chi connectivity index (χ0v) is 17.5. The summed E-state index contributed by atoms with van der Waals surface area (Å²) in [6.07, 6.45) is 0. The van der Waals surface area contributed by atoms with Crippen LogP contribution in [0.25, 0.3) is 16.5 Å². The Hall–Kier alpha value is -3.45. The highest BCUT2D eigenvalue weighted by Crippen LogP contribution is 2.22. The van der Waals surface area contributed by atoms with Gasteiger partial charge in [-0.2, -0.15) is 10.2 Å². The van der Waals surface area contributed by atoms with E-state index in [-0.39, 0.29) is 17.3 Å². The number of nitrogens with one attached hydrogen (secondary N) is 1. The van der Waals surface area contributed by atoms with Gasteiger partial charge < -0.3 is 5.32 Å². The number of aromatic nitrogens is 4. The SMILES string of the molecule is Cc1cc(NC(=O)c2nn(C(C)C)c(=O)c3ccccc23)n(-c2cccc(Cl)c2)n1. The second-order valence-electron chi connectivity index (χ2n) is 7.25. The highest BCUT2D eigenvalue weighted by Gasteiger charge is 2.20. The van der Waals surface area contributed by atoms with Gasteiger partial charge in [0.05, 0.1) is 22.8 Å². The Kier molecular flexibility index (Phi) is 5.13. The Bertz CT molecular complexity index is 1320. The van der Waals surface area contributed by atoms with Gasteiger partial charge in [-0.15, -0.1) is 0 Å². The van der Waals surface area contributed by atoms with E-state index in [2.05, 4.69) is 15.5 Å². The molecule has 7 nitrogen and oxygen atoms in total. The standard InChI is InChI=1S/C22H20ClN5O2/c1-13(2)27-22(30)18-10-5-4-9-17(18)20(26-27)21(29)24-19-11-14(3)25-28(19)16-8-6-7-15(23)12-16/h4-13H,1-3H3,(H,24,29). The van der Waals surface area contributed by atoms with Gasteiger partial charge in [0.25, 0.3) is 11.5 Å². The maximum Gasteiger partial charge on any atom is 0.277 e. The number of nitrogens with zero attached hydrogens (tertiary/aromatic N) is 4. The van der Waals surface area contributed by atoms with Crippen molar-refractivity contribution in [2.75, 3.05) is 5.32 Å². The molecule has 0 bridgehead atoms. The zero-order chi connectivity index (χ0) is 21.4. The summed E-state index contributed by atoms with van der Waals surface area (Å²) in [5, 5.41) is 13.2. The predicted octanol–water partition coefficient (Wildman–Crippen LogP) is 4.38. The van der Waals surface area contributed by atoms with Crippen LogP contribution >= 0.6 is 11.6 Å². The molecule has 0 atom stereocenters. The summed E-state index contributed by atoms with van der Waals surface area (Å²) in [7, 11) is 0. The van der Waals surface area contributed by atoms with Crippen molar-refractivity contribution in [1.82, 2.24) is 19.6 Å². The van der Waals surface area contributed by atoms with E-state index in [1.54, 1.807) is 47.1 Å². The molecule has 4 rings (SSSR count). The van der Waals surface area contributed by atoms with Crippen molar-refractivity contribution < 1.29 is 4.79 Å². The zero-order valence-electron chi connectivity index (χ0n) is 16.8. The first-order valence-electron chi connectivity index (χ1n) is 9.50. The maximum atomic E-state index is 13.2. The molecule has 0 saturated heterocycles. The minimum absolute atomic E-state index is 0.176. The van der Waals surface area contributed by atoms with Gasteiger partial charge in [0, 0.05) is 16.5 Å². The minimum Gasteiger partial charge on any atom is -0.305 e. The Morgan fingerprint density at radius 3 is 2.47 bits per heavy atom. The van der Waals surface area contributed by atoms with Crippen molar-refractivity contribution in [2.24, 2.45) is 0 Å². The number of carbonyl (C=O) groups is 1. The smallest absolute Gasteiger partial charge is 0.277 e. The summed E-state index contributed by atoms with van der Waals surface area (Å²) in [6, 6.07) is 15.7. The molecule has 0 saturated carbocycles. The Morgan fingerprint density at radius 1 is 1.03 bits per heavy atom. The molecule has 4 aromatic rings. The minimum atomic E-state index is -0.427. The van der Waals surface area contributed by atoms with Gasteiger partial charge in [-0.3, -0.25) is 9.59 Å². The van der Waals surface area contributed by atoms with Crippen molar-refractivity contribution in [3.63, 3.8) is 0 Å². The fourth-order valence-corrected chi connectivity index (χ4v) is 3.48. The van der Waals surface area contributed by atoms with E-state index >= 15 is 0 Å². The number of fused-ring (bicyclic) bond motifs is 1. The van der Waals surface area contributed by atoms with E-state index in [9.17, 15) is 9.59 Å². The first-order valence-corrected chi connectivity index (χ1v) is 9.88. The molecule has 0 fully saturated rings. The molecule has 152 valence electrons. The van der Waals surface area contributed by atoms with Crippen LogP contribution < -0.4 is 10.9 Å². The number of hydrogen-bond donors (Lipinski definition) is 1. The second-order valence-corrected chi connectivity index (χ2v) is 7.69. The molecular formula is C22H20ClN5O2. The van der Waals surface area contributed by atoms with E-state index in [0.29, 0.717) is 21.6 Å². The average Bonchev–Trinajstić information content (AvgIpc) is 3.08. The summed E-state index contributed by atoms with van der Waals surface area (Å²) in [4.78, 5) is 25.9. The highest BCUT2D eigenvalue weighted by molar-refractivity contribution is 6.30. The molecule has 2 aromatic carbocycles. The van der Waals surface area contributed by atoms with Crippen molar-refractivity contribution in [3.8, 4) is 5.69 Å². The molecule has 0 unspecified atom stereocenters. The number of carbonyl (C=O) groups excluding carboxylic acids is 1. The molecule has 8 heteroatoms. The lowest BCUT2D eigenvalue weighted by Gasteiger charge is -2.14. The first-order chi connectivity index (χ1) is 14.3. The number of anilines is 1. The summed E-state index contributed by atoms with van der Waals surface area (Å²) >= 11 is 6.11. The number of halogens is 1. The third kappa shape index (κ3) is 3.59. The van der Waals surface area contributed by atoms with Crippen LogP contribution in [0.1, 0.15) is 36.1 Å². The number of aryl methyl sites for hydroxylation is 1. The quantitative estimate of drug-likeness (QED) is 0.530. The number of hydrogen-bond acceptors (Lipinski definition) is 4. The lowest BCUT2D eigenvalue weighted by molar-refractivity contribution is 0.102. The van der Waals surface area contributed by atoms with E-state index in [1.165, 1.54) is 4.68 Å². The van der Waals surface area contributed by atoms with E-state index in [1.807, 2.05) is 32.9 Å². The molecule has 1 amide bonds. The van der Waals surface area contributed by atoms with Gasteiger partial charge in [-0.25, -0.2) is 9.36 Å². The van der Waals surface area contributed by atoms with Gasteiger partial charge in [0.15, 0.2) is 5.69 Å². The van der Waals surface area contributed by atoms with Crippen LogP contribution in [0.2, 0.25) is 5.02 Å². The average molecular weight is 422 g/mol. The Balaban J connectivity index is 1.80. The molecule has 0 aliphatic carbocycles. The van der Waals surface area contributed by atoms with Crippen molar-refractivity contribution in [2.45, 2.75) is 26.8 Å². The summed E-state index contributed by atoms with van der Waals surface area (Å²) in [5.41, 5.74) is 1.40. The fourth-order valence-electron chi connectivity index (χ4n) is 3.29. The number of rotatable bonds is 4. The molecule has 1 N–H and O–H groups in total. The third-order valence-corrected chi connectivity index (χ3v) is 4.89. The first kappa shape index (κ1) is 19.8. The van der Waals surface area contributed by atoms with Crippen LogP contribution in [0.15, 0.2) is 59.4 Å². The molecule has 0 aliphatic rings. The van der Waals surface area contributed by atoms with Crippen LogP contribution in [-0.2, 0) is 0 Å². The second kappa shape index (κ2) is 7.76. The van der Waals surface area contributed by atoms with Gasteiger partial charge in [-0.1, -0.05) is 35.9 Å². The largest absolute Gasteiger partial charge is 0.305 e. The normalized spacial score (nSPS) is 11.2. The van der Waals surface area contributed by atoms with Crippen LogP contribution in [-0.4, -0.2) is 25.5 Å². The van der Waals surface area contributed by atoms with Crippen LogP contribution in [0.5, 0.6) is 0 Å². The molecule has 0 radical (unpaired) electrons. The highest BCUT2D eigenvalue weighted by atomic mass is 35.5. The molecule has 2 heterocycles. The molecule has 0 aliphatic heterocycles. The Labute approximate surface area is 177 Å². The summed E-state index contributed by atoms with van der Waals surface area (Å²) in [6.45, 7) is 5.54. The van der Waals surface area contributed by atoms with Crippen LogP contribution in [0.4, 0.5) is 5.82 Å². The third-order valence-electron chi connectivity index (χ3n) is 4.66. The maximum absolute atomic E-state index is 13.2. The summed E-state index contributed by atoms with van der Waals surface area (Å²) < 4.78 is 2.94. The van der Waals surface area contributed by atoms with Crippen LogP contribution in [0.3, 0.4) is 0 Å². The molecule has 30 heavy (non-hydrogen) atoms. The monoisotopic (exact) mass is 421 g/mol. The fraction of sp³-hybridized carbons (Fsp3) is 0.182. The van der Waals surface area contributed by atoms with Crippen LogP contribution in [0, 0.1) is 6.92 Å². The van der Waals surface area contributed by atoms with E-state index < -0.39 is 5.91 Å². The molecule has 2 aromatic heterocycles. The lowest BCUT2D eigenvalue weighted by Crippen LogP contribution is -2.29. The van der Waals surface area contributed by atoms with Gasteiger partial charge >= 0.3 is 0 Å². The number of amides is 1. The molecular weight excluding hydrogens is 402 g/mol. The Morgan fingerprint density at radius 2 is 1.77 bits per heavy atom. The topological polar surface area (TPSA) is 81.8 Å². The number of benzene rings is 2. The van der Waals surface area contributed by atoms with Crippen molar-refractivity contribution in [3.05, 3.63) is 81.4 Å². The van der Waals surface area contributed by atoms with Gasteiger partial charge in [-0.05, 0) is 45.0 Å². The van der Waals surface area contributed by atoms with Crippen molar-refractivity contribution in [1.29, 1.82) is 0 Å². The summed E-state index contributed by atoms with van der Waals surface area (Å²) in [5.74, 6) is 0.0525. The molecule has 0 spiro atoms. The van der Waals surface area contributed by atoms with E-state index in [4.69, 9.17) is 11.6 Å². The predicted molar refractivity (Wildman–Crippen MR) is 118 cm³/mol.